The quantitative estimate of drug-likeness (QED) is 0.766. The zero-order valence-electron chi connectivity index (χ0n) is 11.9. The van der Waals surface area contributed by atoms with Gasteiger partial charge in [0.15, 0.2) is 0 Å². The van der Waals surface area contributed by atoms with E-state index in [0.717, 1.165) is 12.0 Å². The molecule has 0 radical (unpaired) electrons. The van der Waals surface area contributed by atoms with Crippen LogP contribution in [0, 0.1) is 0 Å². The van der Waals surface area contributed by atoms with Crippen molar-refractivity contribution in [3.8, 4) is 0 Å². The van der Waals surface area contributed by atoms with Crippen LogP contribution in [-0.4, -0.2) is 11.9 Å². The van der Waals surface area contributed by atoms with Crippen LogP contribution in [0.2, 0.25) is 0 Å². The van der Waals surface area contributed by atoms with E-state index in [-0.39, 0.29) is 5.91 Å². The first-order valence-electron chi connectivity index (χ1n) is 7.01. The molecule has 0 aliphatic rings. The average molecular weight is 284 g/mol. The van der Waals surface area contributed by atoms with Crippen molar-refractivity contribution in [2.75, 3.05) is 0 Å². The van der Waals surface area contributed by atoms with Gasteiger partial charge in [-0.15, -0.1) is 0 Å². The summed E-state index contributed by atoms with van der Waals surface area (Å²) in [5.41, 5.74) is 10.4. The molecule has 3 N–H and O–H groups in total. The molecule has 4 nitrogen and oxygen atoms in total. The maximum atomic E-state index is 11.8. The van der Waals surface area contributed by atoms with E-state index in [2.05, 4.69) is 5.48 Å². The molecule has 0 aromatic heterocycles. The number of carbonyl (C=O) groups is 1. The maximum Gasteiger partial charge on any atom is 0.260 e. The highest BCUT2D eigenvalue weighted by molar-refractivity contribution is 5.80. The Morgan fingerprint density at radius 1 is 1.00 bits per heavy atom. The molecule has 0 spiro atoms. The Morgan fingerprint density at radius 2 is 1.57 bits per heavy atom. The van der Waals surface area contributed by atoms with Crippen LogP contribution < -0.4 is 11.2 Å². The van der Waals surface area contributed by atoms with Crippen LogP contribution in [0.1, 0.15) is 17.5 Å². The molecule has 0 fully saturated rings. The Bertz CT molecular complexity index is 543. The van der Waals surface area contributed by atoms with Gasteiger partial charge >= 0.3 is 0 Å². The largest absolute Gasteiger partial charge is 0.320 e. The van der Waals surface area contributed by atoms with Gasteiger partial charge in [0, 0.05) is 0 Å². The lowest BCUT2D eigenvalue weighted by molar-refractivity contribution is -0.136. The molecule has 1 atom stereocenters. The number of hydrogen-bond donors (Lipinski definition) is 2. The van der Waals surface area contributed by atoms with Gasteiger partial charge in [0.05, 0.1) is 12.6 Å². The first-order chi connectivity index (χ1) is 10.3. The zero-order chi connectivity index (χ0) is 14.9. The molecule has 2 aromatic carbocycles. The second-order valence-electron chi connectivity index (χ2n) is 4.87. The van der Waals surface area contributed by atoms with E-state index >= 15 is 0 Å². The summed E-state index contributed by atoms with van der Waals surface area (Å²) in [5.74, 6) is -0.290. The average Bonchev–Trinajstić information content (AvgIpc) is 2.54. The Kier molecular flexibility index (Phi) is 5.94. The van der Waals surface area contributed by atoms with Gasteiger partial charge in [-0.05, 0) is 24.0 Å². The highest BCUT2D eigenvalue weighted by atomic mass is 16.6. The summed E-state index contributed by atoms with van der Waals surface area (Å²) in [4.78, 5) is 17.0. The fourth-order valence-electron chi connectivity index (χ4n) is 1.94. The predicted molar refractivity (Wildman–Crippen MR) is 82.1 cm³/mol. The Morgan fingerprint density at radius 3 is 2.19 bits per heavy atom. The third-order valence-electron chi connectivity index (χ3n) is 3.18. The first-order valence-corrected chi connectivity index (χ1v) is 7.01. The molecule has 0 saturated carbocycles. The van der Waals surface area contributed by atoms with E-state index in [9.17, 15) is 4.79 Å². The van der Waals surface area contributed by atoms with Crippen molar-refractivity contribution in [1.29, 1.82) is 0 Å². The van der Waals surface area contributed by atoms with Crippen LogP contribution in [0.5, 0.6) is 0 Å². The standard InChI is InChI=1S/C17H20N2O2/c18-16(12-11-14-7-3-1-4-8-14)17(20)19-21-13-15-9-5-2-6-10-15/h1-10,16H,11-13,18H2,(H,19,20)/t16-/m1/s1. The van der Waals surface area contributed by atoms with Crippen LogP contribution in [-0.2, 0) is 22.7 Å². The number of benzene rings is 2. The smallest absolute Gasteiger partial charge is 0.260 e. The van der Waals surface area contributed by atoms with Crippen LogP contribution >= 0.6 is 0 Å². The predicted octanol–water partition coefficient (Wildman–Crippen LogP) is 2.19. The molecule has 110 valence electrons. The van der Waals surface area contributed by atoms with Crippen molar-refractivity contribution in [3.63, 3.8) is 0 Å². The molecule has 0 heterocycles. The van der Waals surface area contributed by atoms with Crippen LogP contribution in [0.3, 0.4) is 0 Å². The number of nitrogens with two attached hydrogens (primary N) is 1. The molecule has 0 aliphatic heterocycles. The Labute approximate surface area is 124 Å². The summed E-state index contributed by atoms with van der Waals surface area (Å²) in [6.07, 6.45) is 1.36. The second kappa shape index (κ2) is 8.19. The van der Waals surface area contributed by atoms with Gasteiger partial charge in [0.2, 0.25) is 0 Å². The summed E-state index contributed by atoms with van der Waals surface area (Å²) >= 11 is 0. The minimum atomic E-state index is -0.569. The van der Waals surface area contributed by atoms with Gasteiger partial charge in [-0.25, -0.2) is 5.48 Å². The number of carbonyl (C=O) groups excluding carboxylic acids is 1. The van der Waals surface area contributed by atoms with Crippen molar-refractivity contribution in [2.45, 2.75) is 25.5 Å². The third kappa shape index (κ3) is 5.38. The fraction of sp³-hybridized carbons (Fsp3) is 0.235. The van der Waals surface area contributed by atoms with Crippen LogP contribution in [0.25, 0.3) is 0 Å². The molecule has 2 rings (SSSR count). The van der Waals surface area contributed by atoms with E-state index in [1.807, 2.05) is 60.7 Å². The lowest BCUT2D eigenvalue weighted by atomic mass is 10.1. The molecule has 0 aliphatic carbocycles. The molecular weight excluding hydrogens is 264 g/mol. The maximum absolute atomic E-state index is 11.8. The Hall–Kier alpha value is -2.17. The highest BCUT2D eigenvalue weighted by Gasteiger charge is 2.13. The van der Waals surface area contributed by atoms with E-state index < -0.39 is 6.04 Å². The van der Waals surface area contributed by atoms with Crippen LogP contribution in [0.4, 0.5) is 0 Å². The van der Waals surface area contributed by atoms with E-state index in [0.29, 0.717) is 13.0 Å². The second-order valence-corrected chi connectivity index (χ2v) is 4.87. The third-order valence-corrected chi connectivity index (χ3v) is 3.18. The van der Waals surface area contributed by atoms with Gasteiger partial charge in [0.1, 0.15) is 0 Å². The summed E-state index contributed by atoms with van der Waals surface area (Å²) in [6, 6.07) is 19.0. The van der Waals surface area contributed by atoms with Crippen molar-refractivity contribution < 1.29 is 9.63 Å². The number of aryl methyl sites for hydroxylation is 1. The molecule has 0 saturated heterocycles. The minimum absolute atomic E-state index is 0.290. The molecule has 21 heavy (non-hydrogen) atoms. The molecule has 0 unspecified atom stereocenters. The van der Waals surface area contributed by atoms with Gasteiger partial charge in [0.25, 0.3) is 5.91 Å². The van der Waals surface area contributed by atoms with Crippen molar-refractivity contribution in [3.05, 3.63) is 71.8 Å². The topological polar surface area (TPSA) is 64.4 Å². The molecule has 1 amide bonds. The number of hydrogen-bond acceptors (Lipinski definition) is 3. The van der Waals surface area contributed by atoms with E-state index in [4.69, 9.17) is 10.6 Å². The normalized spacial score (nSPS) is 11.9. The van der Waals surface area contributed by atoms with E-state index in [1.54, 1.807) is 0 Å². The zero-order valence-corrected chi connectivity index (χ0v) is 11.9. The van der Waals surface area contributed by atoms with Gasteiger partial charge < -0.3 is 5.73 Å². The first kappa shape index (κ1) is 15.2. The summed E-state index contributed by atoms with van der Waals surface area (Å²) in [5, 5.41) is 0. The molecule has 0 bridgehead atoms. The number of rotatable bonds is 7. The van der Waals surface area contributed by atoms with E-state index in [1.165, 1.54) is 5.56 Å². The van der Waals surface area contributed by atoms with Crippen molar-refractivity contribution >= 4 is 5.91 Å². The van der Waals surface area contributed by atoms with Gasteiger partial charge in [-0.1, -0.05) is 60.7 Å². The highest BCUT2D eigenvalue weighted by Crippen LogP contribution is 2.04. The van der Waals surface area contributed by atoms with Gasteiger partial charge in [-0.2, -0.15) is 0 Å². The lowest BCUT2D eigenvalue weighted by Gasteiger charge is -2.12. The molecular formula is C17H20N2O2. The minimum Gasteiger partial charge on any atom is -0.320 e. The van der Waals surface area contributed by atoms with Gasteiger partial charge in [-0.3, -0.25) is 9.63 Å². The number of amides is 1. The van der Waals surface area contributed by atoms with Crippen LogP contribution in [0.15, 0.2) is 60.7 Å². The van der Waals surface area contributed by atoms with Crippen molar-refractivity contribution in [2.24, 2.45) is 5.73 Å². The summed E-state index contributed by atoms with van der Waals surface area (Å²) in [6.45, 7) is 0.331. The fourth-order valence-corrected chi connectivity index (χ4v) is 1.94. The summed E-state index contributed by atoms with van der Waals surface area (Å²) in [7, 11) is 0. The SMILES string of the molecule is N[C@H](CCc1ccccc1)C(=O)NOCc1ccccc1. The Balaban J connectivity index is 1.68. The van der Waals surface area contributed by atoms with Crippen molar-refractivity contribution in [1.82, 2.24) is 5.48 Å². The molecule has 4 heteroatoms. The summed E-state index contributed by atoms with van der Waals surface area (Å²) < 4.78 is 0. The number of nitrogens with one attached hydrogen (secondary N) is 1. The lowest BCUT2D eigenvalue weighted by Crippen LogP contribution is -2.40. The number of hydroxylamine groups is 1. The molecule has 2 aromatic rings. The monoisotopic (exact) mass is 284 g/mol.